The zero-order valence-electron chi connectivity index (χ0n) is 14.1. The predicted octanol–water partition coefficient (Wildman–Crippen LogP) is 4.22. The molecule has 0 radical (unpaired) electrons. The predicted molar refractivity (Wildman–Crippen MR) is 87.0 cm³/mol. The summed E-state index contributed by atoms with van der Waals surface area (Å²) >= 11 is 0. The lowest BCUT2D eigenvalue weighted by molar-refractivity contribution is -0.112. The Morgan fingerprint density at radius 1 is 0.955 bits per heavy atom. The van der Waals surface area contributed by atoms with Gasteiger partial charge in [0.05, 0.1) is 11.8 Å². The first-order valence-corrected chi connectivity index (χ1v) is 9.37. The van der Waals surface area contributed by atoms with E-state index in [4.69, 9.17) is 5.21 Å². The molecule has 0 unspecified atom stereocenters. The van der Waals surface area contributed by atoms with E-state index in [0.717, 1.165) is 42.7 Å². The van der Waals surface area contributed by atoms with Crippen molar-refractivity contribution in [1.82, 2.24) is 0 Å². The molecule has 22 heavy (non-hydrogen) atoms. The van der Waals surface area contributed by atoms with Crippen molar-refractivity contribution in [3.63, 3.8) is 0 Å². The third-order valence-corrected chi connectivity index (χ3v) is 8.59. The van der Waals surface area contributed by atoms with Crippen LogP contribution in [0, 0.1) is 34.5 Å². The third kappa shape index (κ3) is 1.87. The van der Waals surface area contributed by atoms with Gasteiger partial charge in [0.15, 0.2) is 0 Å². The van der Waals surface area contributed by atoms with Gasteiger partial charge in [-0.1, -0.05) is 19.0 Å². The van der Waals surface area contributed by atoms with Gasteiger partial charge in [0.1, 0.15) is 0 Å². The summed E-state index contributed by atoms with van der Waals surface area (Å²) in [5.41, 5.74) is 1.65. The Kier molecular flexibility index (Phi) is 3.38. The minimum Gasteiger partial charge on any atom is -0.411 e. The highest BCUT2D eigenvalue weighted by molar-refractivity contribution is 5.85. The molecule has 2 N–H and O–H groups in total. The van der Waals surface area contributed by atoms with Crippen molar-refractivity contribution in [3.05, 3.63) is 0 Å². The molecular formula is C19H31NO2. The van der Waals surface area contributed by atoms with Gasteiger partial charge < -0.3 is 10.3 Å². The maximum atomic E-state index is 10.5. The summed E-state index contributed by atoms with van der Waals surface area (Å²) in [4.78, 5) is 0. The first kappa shape index (κ1) is 15.0. The molecule has 3 heteroatoms. The molecule has 124 valence electrons. The van der Waals surface area contributed by atoms with Crippen LogP contribution in [0.2, 0.25) is 0 Å². The second-order valence-corrected chi connectivity index (χ2v) is 9.16. The largest absolute Gasteiger partial charge is 0.411 e. The standard InChI is InChI=1S/C19H31NO2/c1-18-9-7-13(20-22)11-12(18)3-4-14-15-5-6-17(21)19(15,2)10-8-16(14)18/h12,14-17,21-22H,3-11H2,1-2H3/b20-13+/t12-,14-,15+,16-,17-,18-,19-/m0/s1. The van der Waals surface area contributed by atoms with Crippen molar-refractivity contribution in [2.24, 2.45) is 39.7 Å². The Morgan fingerprint density at radius 2 is 1.73 bits per heavy atom. The van der Waals surface area contributed by atoms with Crippen LogP contribution in [-0.4, -0.2) is 22.1 Å². The molecule has 0 bridgehead atoms. The summed E-state index contributed by atoms with van der Waals surface area (Å²) in [6.07, 6.45) is 10.5. The average molecular weight is 305 g/mol. The highest BCUT2D eigenvalue weighted by atomic mass is 16.4. The Morgan fingerprint density at radius 3 is 2.50 bits per heavy atom. The second kappa shape index (κ2) is 4.96. The number of hydrogen-bond acceptors (Lipinski definition) is 3. The molecule has 7 atom stereocenters. The molecule has 4 rings (SSSR count). The van der Waals surface area contributed by atoms with Crippen molar-refractivity contribution >= 4 is 5.71 Å². The summed E-state index contributed by atoms with van der Waals surface area (Å²) in [6, 6.07) is 0. The monoisotopic (exact) mass is 305 g/mol. The first-order valence-electron chi connectivity index (χ1n) is 9.37. The van der Waals surface area contributed by atoms with Crippen molar-refractivity contribution in [2.75, 3.05) is 0 Å². The van der Waals surface area contributed by atoms with Crippen LogP contribution in [0.15, 0.2) is 5.16 Å². The van der Waals surface area contributed by atoms with E-state index in [9.17, 15) is 5.11 Å². The van der Waals surface area contributed by atoms with Crippen LogP contribution in [-0.2, 0) is 0 Å². The van der Waals surface area contributed by atoms with Gasteiger partial charge in [-0.15, -0.1) is 0 Å². The third-order valence-electron chi connectivity index (χ3n) is 8.59. The average Bonchev–Trinajstić information content (AvgIpc) is 2.82. The Hall–Kier alpha value is -0.570. The van der Waals surface area contributed by atoms with Crippen LogP contribution >= 0.6 is 0 Å². The lowest BCUT2D eigenvalue weighted by atomic mass is 9.45. The van der Waals surface area contributed by atoms with E-state index >= 15 is 0 Å². The lowest BCUT2D eigenvalue weighted by Crippen LogP contribution is -2.54. The van der Waals surface area contributed by atoms with Crippen LogP contribution in [0.5, 0.6) is 0 Å². The molecule has 0 aliphatic heterocycles. The maximum Gasteiger partial charge on any atom is 0.0596 e. The van der Waals surface area contributed by atoms with Gasteiger partial charge >= 0.3 is 0 Å². The number of fused-ring (bicyclic) bond motifs is 5. The molecule has 0 aromatic heterocycles. The first-order chi connectivity index (χ1) is 10.5. The summed E-state index contributed by atoms with van der Waals surface area (Å²) in [7, 11) is 0. The SMILES string of the molecule is C[C@]12CC[C@H]3[C@@H](CC[C@H]4C/C(=N/O)CC[C@@]43C)[C@H]1CC[C@@H]2O. The number of aliphatic hydroxyl groups is 1. The fraction of sp³-hybridized carbons (Fsp3) is 0.947. The molecule has 4 saturated carbocycles. The number of aliphatic hydroxyl groups excluding tert-OH is 1. The van der Waals surface area contributed by atoms with Gasteiger partial charge in [-0.3, -0.25) is 0 Å². The van der Waals surface area contributed by atoms with E-state index in [2.05, 4.69) is 19.0 Å². The molecule has 3 nitrogen and oxygen atoms in total. The summed E-state index contributed by atoms with van der Waals surface area (Å²) < 4.78 is 0. The normalized spacial score (nSPS) is 56.3. The smallest absolute Gasteiger partial charge is 0.0596 e. The zero-order valence-corrected chi connectivity index (χ0v) is 14.1. The van der Waals surface area contributed by atoms with Crippen molar-refractivity contribution in [2.45, 2.75) is 77.7 Å². The van der Waals surface area contributed by atoms with E-state index in [1.807, 2.05) is 0 Å². The van der Waals surface area contributed by atoms with E-state index in [-0.39, 0.29) is 11.5 Å². The summed E-state index contributed by atoms with van der Waals surface area (Å²) in [6.45, 7) is 4.88. The molecule has 0 saturated heterocycles. The van der Waals surface area contributed by atoms with Crippen molar-refractivity contribution < 1.29 is 10.3 Å². The quantitative estimate of drug-likeness (QED) is 0.520. The molecule has 4 aliphatic carbocycles. The van der Waals surface area contributed by atoms with Gasteiger partial charge in [0.25, 0.3) is 0 Å². The highest BCUT2D eigenvalue weighted by Crippen LogP contribution is 2.65. The molecule has 0 amide bonds. The van der Waals surface area contributed by atoms with Crippen LogP contribution in [0.3, 0.4) is 0 Å². The summed E-state index contributed by atoms with van der Waals surface area (Å²) in [5, 5.41) is 23.2. The molecule has 0 aromatic carbocycles. The summed E-state index contributed by atoms with van der Waals surface area (Å²) in [5.74, 6) is 3.11. The minimum atomic E-state index is -0.0662. The second-order valence-electron chi connectivity index (χ2n) is 9.16. The Labute approximate surface area is 134 Å². The molecule has 0 heterocycles. The molecule has 4 fully saturated rings. The Balaban J connectivity index is 1.62. The van der Waals surface area contributed by atoms with E-state index in [1.165, 1.54) is 38.5 Å². The van der Waals surface area contributed by atoms with Crippen LogP contribution in [0.4, 0.5) is 0 Å². The molecule has 4 aliphatic rings. The zero-order chi connectivity index (χ0) is 15.5. The van der Waals surface area contributed by atoms with Crippen molar-refractivity contribution in [1.29, 1.82) is 0 Å². The molecule has 0 aromatic rings. The topological polar surface area (TPSA) is 52.8 Å². The molecular weight excluding hydrogens is 274 g/mol. The van der Waals surface area contributed by atoms with Gasteiger partial charge in [-0.2, -0.15) is 0 Å². The van der Waals surface area contributed by atoms with Gasteiger partial charge in [-0.25, -0.2) is 0 Å². The van der Waals surface area contributed by atoms with Crippen LogP contribution in [0.25, 0.3) is 0 Å². The van der Waals surface area contributed by atoms with Crippen LogP contribution < -0.4 is 0 Å². The number of nitrogens with zero attached hydrogens (tertiary/aromatic N) is 1. The highest BCUT2D eigenvalue weighted by Gasteiger charge is 2.59. The van der Waals surface area contributed by atoms with Crippen LogP contribution in [0.1, 0.15) is 71.6 Å². The molecule has 0 spiro atoms. The number of rotatable bonds is 0. The van der Waals surface area contributed by atoms with Gasteiger partial charge in [0.2, 0.25) is 0 Å². The fourth-order valence-electron chi connectivity index (χ4n) is 7.12. The lowest BCUT2D eigenvalue weighted by Gasteiger charge is -2.60. The van der Waals surface area contributed by atoms with Crippen molar-refractivity contribution in [3.8, 4) is 0 Å². The van der Waals surface area contributed by atoms with E-state index in [0.29, 0.717) is 11.3 Å². The van der Waals surface area contributed by atoms with Gasteiger partial charge in [0, 0.05) is 0 Å². The van der Waals surface area contributed by atoms with Gasteiger partial charge in [-0.05, 0) is 92.3 Å². The number of hydrogen-bond donors (Lipinski definition) is 2. The number of oxime groups is 1. The maximum absolute atomic E-state index is 10.5. The fourth-order valence-corrected chi connectivity index (χ4v) is 7.12. The van der Waals surface area contributed by atoms with E-state index in [1.54, 1.807) is 0 Å². The van der Waals surface area contributed by atoms with E-state index < -0.39 is 0 Å². The Bertz CT molecular complexity index is 490. The minimum absolute atomic E-state index is 0.0662.